The van der Waals surface area contributed by atoms with Crippen molar-refractivity contribution in [3.05, 3.63) is 0 Å². The first kappa shape index (κ1) is 129. The van der Waals surface area contributed by atoms with Crippen molar-refractivity contribution in [1.29, 1.82) is 0 Å². The van der Waals surface area contributed by atoms with Crippen LogP contribution in [0.1, 0.15) is 247 Å². The third kappa shape index (κ3) is 388. The summed E-state index contributed by atoms with van der Waals surface area (Å²) in [5.41, 5.74) is 0. The van der Waals surface area contributed by atoms with E-state index in [2.05, 4.69) is 84.9 Å². The van der Waals surface area contributed by atoms with Crippen LogP contribution in [0.15, 0.2) is 0 Å². The summed E-state index contributed by atoms with van der Waals surface area (Å²) in [6.07, 6.45) is 5.54. The van der Waals surface area contributed by atoms with Crippen molar-refractivity contribution in [2.45, 2.75) is 247 Å². The second kappa shape index (κ2) is 128. The Kier molecular flexibility index (Phi) is 171. The molecule has 0 spiro atoms. The zero-order chi connectivity index (χ0) is 79.7. The number of rotatable bonds is 18. The first-order valence-corrected chi connectivity index (χ1v) is 31.5. The smallest absolute Gasteiger partial charge is 0.302 e. The van der Waals surface area contributed by atoms with Gasteiger partial charge in [0.25, 0.3) is 0 Å². The molecule has 0 aliphatic heterocycles. The molecule has 0 heterocycles. The minimum Gasteiger partial charge on any atom is -0.466 e. The monoisotopic (exact) mass is 1410 g/mol. The lowest BCUT2D eigenvalue weighted by Crippen LogP contribution is -1.95. The Bertz CT molecular complexity index is 1280. The minimum absolute atomic E-state index is 0.211. The summed E-state index contributed by atoms with van der Waals surface area (Å²) in [6.45, 7) is 59.3. The maximum absolute atomic E-state index is 9.82. The van der Waals surface area contributed by atoms with Gasteiger partial charge < -0.3 is 71.1 Å². The van der Waals surface area contributed by atoms with Gasteiger partial charge in [-0.15, -0.1) is 0 Å². The van der Waals surface area contributed by atoms with Gasteiger partial charge in [-0.3, -0.25) is 71.9 Å². The Balaban J connectivity index is -0.0000000508. The fourth-order valence-corrected chi connectivity index (χ4v) is 3.55. The van der Waals surface area contributed by atoms with Crippen LogP contribution in [0.25, 0.3) is 0 Å². The minimum atomic E-state index is -0.211. The topological polar surface area (TPSA) is 394 Å². The molecular formula is C66H134O30. The maximum atomic E-state index is 9.82. The molecule has 0 aromatic heterocycles. The molecule has 578 valence electrons. The largest absolute Gasteiger partial charge is 0.466 e. The van der Waals surface area contributed by atoms with E-state index in [1.807, 2.05) is 0 Å². The lowest BCUT2D eigenvalue weighted by molar-refractivity contribution is -0.141. The van der Waals surface area contributed by atoms with Gasteiger partial charge in [0.1, 0.15) is 0 Å². The molecule has 0 radical (unpaired) electrons. The molecule has 0 N–H and O–H groups in total. The van der Waals surface area contributed by atoms with Gasteiger partial charge in [-0.25, -0.2) is 0 Å². The molecule has 0 rings (SSSR count). The Labute approximate surface area is 577 Å². The molecule has 0 bridgehead atoms. The van der Waals surface area contributed by atoms with E-state index >= 15 is 0 Å². The summed E-state index contributed by atoms with van der Waals surface area (Å²) in [6, 6.07) is 0. The van der Waals surface area contributed by atoms with Crippen LogP contribution in [0.3, 0.4) is 0 Å². The van der Waals surface area contributed by atoms with Crippen molar-refractivity contribution < 1.29 is 143 Å². The lowest BCUT2D eigenvalue weighted by atomic mass is 10.2. The Hall–Kier alpha value is -7.95. The molecule has 0 fully saturated rings. The average Bonchev–Trinajstić information content (AvgIpc) is 3.42. The van der Waals surface area contributed by atoms with Crippen molar-refractivity contribution >= 4 is 89.5 Å². The van der Waals surface area contributed by atoms with Crippen molar-refractivity contribution in [1.82, 2.24) is 0 Å². The molecular weight excluding hydrogens is 1270 g/mol. The molecule has 0 saturated carbocycles. The normalized spacial score (nSPS) is 7.75. The third-order valence-electron chi connectivity index (χ3n) is 6.17. The third-order valence-corrected chi connectivity index (χ3v) is 6.17. The SMILES string of the molecule is CCCCCC.CCOC(C)=O.CCOC(C)=O.CCOC(C)=O.CCOC(C)=O.CCOC(C)=O.CCOC(C)=O.CCOC(C)=O.CCOC(C)=O.CCOC(C)=O.CCOC(C)=O.CCOC(C)=O.CCOC(C)=O.CCOC(C)=O.CCOC(C)=O.CCOC(C)=O. The van der Waals surface area contributed by atoms with E-state index in [4.69, 9.17) is 0 Å². The first-order chi connectivity index (χ1) is 44.5. The molecule has 96 heavy (non-hydrogen) atoms. The highest BCUT2D eigenvalue weighted by Crippen LogP contribution is 1.95. The number of carbonyl (C=O) groups excluding carboxylic acids is 15. The number of hydrogen-bond acceptors (Lipinski definition) is 30. The Morgan fingerprint density at radius 3 is 0.198 bits per heavy atom. The van der Waals surface area contributed by atoms with Crippen molar-refractivity contribution in [2.75, 3.05) is 99.1 Å². The highest BCUT2D eigenvalue weighted by Gasteiger charge is 1.89. The van der Waals surface area contributed by atoms with Gasteiger partial charge in [0, 0.05) is 104 Å². The van der Waals surface area contributed by atoms with Gasteiger partial charge in [-0.2, -0.15) is 0 Å². The maximum Gasteiger partial charge on any atom is 0.302 e. The van der Waals surface area contributed by atoms with E-state index in [1.165, 1.54) is 130 Å². The van der Waals surface area contributed by atoms with Gasteiger partial charge in [0.05, 0.1) is 99.1 Å². The van der Waals surface area contributed by atoms with Gasteiger partial charge in [0.2, 0.25) is 0 Å². The zero-order valence-electron chi connectivity index (χ0n) is 65.2. The number of ether oxygens (including phenoxy) is 15. The molecule has 0 atom stereocenters. The van der Waals surface area contributed by atoms with E-state index in [0.717, 1.165) is 0 Å². The van der Waals surface area contributed by atoms with Gasteiger partial charge in [-0.05, 0) is 104 Å². The predicted octanol–water partition coefficient (Wildman–Crippen LogP) is 11.1. The molecule has 0 aliphatic carbocycles. The van der Waals surface area contributed by atoms with Crippen LogP contribution in [0, 0.1) is 0 Å². The summed E-state index contributed by atoms with van der Waals surface area (Å²) >= 11 is 0. The van der Waals surface area contributed by atoms with Crippen LogP contribution < -0.4 is 0 Å². The molecule has 30 nitrogen and oxygen atoms in total. The number of esters is 15. The molecule has 0 aliphatic rings. The van der Waals surface area contributed by atoms with Crippen molar-refractivity contribution in [2.24, 2.45) is 0 Å². The Morgan fingerprint density at radius 1 is 0.135 bits per heavy atom. The lowest BCUT2D eigenvalue weighted by Gasteiger charge is -1.89. The standard InChI is InChI=1S/C6H14.15C4H8O2/c1-3-5-6-4-2;15*1-3-6-4(2)5/h3-6H2,1-2H3;15*3H2,1-2H3. The summed E-state index contributed by atoms with van der Waals surface area (Å²) in [7, 11) is 0. The second-order valence-electron chi connectivity index (χ2n) is 15.6. The van der Waals surface area contributed by atoms with Gasteiger partial charge >= 0.3 is 89.5 Å². The molecule has 0 unspecified atom stereocenters. The first-order valence-electron chi connectivity index (χ1n) is 31.5. The van der Waals surface area contributed by atoms with Crippen LogP contribution in [0.5, 0.6) is 0 Å². The molecule has 30 heteroatoms. The fourth-order valence-electron chi connectivity index (χ4n) is 3.55. The highest BCUT2D eigenvalue weighted by molar-refractivity contribution is 5.69. The fraction of sp³-hybridized carbons (Fsp3) is 0.773. The van der Waals surface area contributed by atoms with E-state index in [9.17, 15) is 71.9 Å². The summed E-state index contributed by atoms with van der Waals surface area (Å²) in [5.74, 6) is -3.16. The highest BCUT2D eigenvalue weighted by atomic mass is 16.6. The number of hydrogen-bond donors (Lipinski definition) is 0. The van der Waals surface area contributed by atoms with E-state index in [-0.39, 0.29) is 89.5 Å². The van der Waals surface area contributed by atoms with Gasteiger partial charge in [0.15, 0.2) is 0 Å². The van der Waals surface area contributed by atoms with E-state index < -0.39 is 0 Å². The Morgan fingerprint density at radius 2 is 0.188 bits per heavy atom. The van der Waals surface area contributed by atoms with E-state index in [0.29, 0.717) is 99.1 Å². The van der Waals surface area contributed by atoms with Crippen molar-refractivity contribution in [3.8, 4) is 0 Å². The van der Waals surface area contributed by atoms with Crippen LogP contribution in [0.2, 0.25) is 0 Å². The second-order valence-corrected chi connectivity index (χ2v) is 15.6. The van der Waals surface area contributed by atoms with Crippen LogP contribution in [0.4, 0.5) is 0 Å². The number of unbranched alkanes of at least 4 members (excludes halogenated alkanes) is 3. The average molecular weight is 1410 g/mol. The molecule has 0 amide bonds. The van der Waals surface area contributed by atoms with Crippen LogP contribution >= 0.6 is 0 Å². The quantitative estimate of drug-likeness (QED) is 0.0698. The van der Waals surface area contributed by atoms with Crippen molar-refractivity contribution in [3.63, 3.8) is 0 Å². The zero-order valence-corrected chi connectivity index (χ0v) is 65.2. The van der Waals surface area contributed by atoms with Gasteiger partial charge in [-0.1, -0.05) is 39.5 Å². The molecule has 0 aromatic carbocycles. The number of carbonyl (C=O) groups is 15. The van der Waals surface area contributed by atoms with Crippen LogP contribution in [-0.2, 0) is 143 Å². The molecule has 0 aromatic rings. The summed E-state index contributed by atoms with van der Waals surface area (Å²) < 4.78 is 66.0. The predicted molar refractivity (Wildman–Crippen MR) is 364 cm³/mol. The summed E-state index contributed by atoms with van der Waals surface area (Å²) in [5, 5.41) is 0. The molecule has 0 saturated heterocycles. The van der Waals surface area contributed by atoms with E-state index in [1.54, 1.807) is 104 Å². The van der Waals surface area contributed by atoms with Crippen LogP contribution in [-0.4, -0.2) is 189 Å². The summed E-state index contributed by atoms with van der Waals surface area (Å²) in [4.78, 5) is 147.